The number of thiophene rings is 1. The maximum Gasteiger partial charge on any atom is 0.254 e. The summed E-state index contributed by atoms with van der Waals surface area (Å²) in [6, 6.07) is 17.7. The first-order valence-corrected chi connectivity index (χ1v) is 11.4. The molecule has 0 aliphatic carbocycles. The first-order valence-electron chi connectivity index (χ1n) is 10.5. The molecule has 3 heterocycles. The van der Waals surface area contributed by atoms with Gasteiger partial charge in [-0.15, -0.1) is 21.5 Å². The third-order valence-corrected chi connectivity index (χ3v) is 6.84. The highest BCUT2D eigenvalue weighted by atomic mass is 32.1. The molecule has 1 atom stereocenters. The summed E-state index contributed by atoms with van der Waals surface area (Å²) in [6.07, 6.45) is 1.84. The lowest BCUT2D eigenvalue weighted by Gasteiger charge is -2.35. The highest BCUT2D eigenvalue weighted by molar-refractivity contribution is 7.10. The molecule has 1 aliphatic heterocycles. The van der Waals surface area contributed by atoms with Crippen LogP contribution in [-0.2, 0) is 6.42 Å². The van der Waals surface area contributed by atoms with Crippen molar-refractivity contribution in [2.45, 2.75) is 32.7 Å². The van der Waals surface area contributed by atoms with Crippen LogP contribution in [-0.4, -0.2) is 27.5 Å². The Kier molecular flexibility index (Phi) is 5.16. The second-order valence-electron chi connectivity index (χ2n) is 7.83. The smallest absolute Gasteiger partial charge is 0.254 e. The van der Waals surface area contributed by atoms with Crippen LogP contribution in [0.4, 0.5) is 0 Å². The molecule has 0 saturated carbocycles. The standard InChI is InChI=1S/C25H23N3O2S/c1-3-21-20-13-15-31-22(20)12-14-28(21)25(29)19-10-8-18(9-11-19)24-27-26-23(30-24)17-6-4-16(2)5-7-17/h4-11,13,15,21H,3,12,14H2,1-2H3. The van der Waals surface area contributed by atoms with Crippen molar-refractivity contribution in [1.82, 2.24) is 15.1 Å². The molecule has 0 spiro atoms. The number of rotatable bonds is 4. The van der Waals surface area contributed by atoms with Gasteiger partial charge in [-0.25, -0.2) is 0 Å². The molecule has 4 aromatic rings. The SMILES string of the molecule is CCC1c2ccsc2CCN1C(=O)c1ccc(-c2nnc(-c3ccc(C)cc3)o2)cc1. The molecule has 0 N–H and O–H groups in total. The number of carbonyl (C=O) groups is 1. The lowest BCUT2D eigenvalue weighted by molar-refractivity contribution is 0.0657. The molecule has 0 radical (unpaired) electrons. The number of hydrogen-bond acceptors (Lipinski definition) is 5. The van der Waals surface area contributed by atoms with E-state index in [-0.39, 0.29) is 11.9 Å². The van der Waals surface area contributed by atoms with Gasteiger partial charge in [0.1, 0.15) is 0 Å². The van der Waals surface area contributed by atoms with Crippen molar-refractivity contribution < 1.29 is 9.21 Å². The fraction of sp³-hybridized carbons (Fsp3) is 0.240. The number of nitrogens with zero attached hydrogens (tertiary/aromatic N) is 3. The predicted octanol–water partition coefficient (Wildman–Crippen LogP) is 5.92. The third kappa shape index (κ3) is 3.68. The molecule has 1 aliphatic rings. The zero-order chi connectivity index (χ0) is 21.4. The van der Waals surface area contributed by atoms with E-state index in [1.807, 2.05) is 60.4 Å². The van der Waals surface area contributed by atoms with Crippen LogP contribution in [0, 0.1) is 6.92 Å². The monoisotopic (exact) mass is 429 g/mol. The van der Waals surface area contributed by atoms with E-state index in [1.54, 1.807) is 11.3 Å². The van der Waals surface area contributed by atoms with E-state index < -0.39 is 0 Å². The van der Waals surface area contributed by atoms with Crippen molar-refractivity contribution in [3.63, 3.8) is 0 Å². The Morgan fingerprint density at radius 3 is 2.32 bits per heavy atom. The largest absolute Gasteiger partial charge is 0.416 e. The first-order chi connectivity index (χ1) is 15.1. The van der Waals surface area contributed by atoms with Crippen LogP contribution in [0.2, 0.25) is 0 Å². The lowest BCUT2D eigenvalue weighted by atomic mass is 9.96. The number of amides is 1. The van der Waals surface area contributed by atoms with Crippen molar-refractivity contribution in [2.75, 3.05) is 6.54 Å². The Balaban J connectivity index is 1.36. The Morgan fingerprint density at radius 2 is 1.68 bits per heavy atom. The average Bonchev–Trinajstić information content (AvgIpc) is 3.48. The van der Waals surface area contributed by atoms with Gasteiger partial charge in [-0.2, -0.15) is 0 Å². The van der Waals surface area contributed by atoms with E-state index in [9.17, 15) is 4.79 Å². The summed E-state index contributed by atoms with van der Waals surface area (Å²) in [5.74, 6) is 1.00. The van der Waals surface area contributed by atoms with E-state index in [0.717, 1.165) is 30.5 Å². The van der Waals surface area contributed by atoms with Crippen LogP contribution in [0.15, 0.2) is 64.4 Å². The highest BCUT2D eigenvalue weighted by Crippen LogP contribution is 2.36. The zero-order valence-corrected chi connectivity index (χ0v) is 18.4. The summed E-state index contributed by atoms with van der Waals surface area (Å²) in [4.78, 5) is 16.7. The fourth-order valence-electron chi connectivity index (χ4n) is 4.15. The zero-order valence-electron chi connectivity index (χ0n) is 17.5. The molecular formula is C25H23N3O2S. The molecule has 5 nitrogen and oxygen atoms in total. The molecule has 0 bridgehead atoms. The van der Waals surface area contributed by atoms with E-state index in [2.05, 4.69) is 28.6 Å². The number of benzene rings is 2. The summed E-state index contributed by atoms with van der Waals surface area (Å²) in [6.45, 7) is 4.94. The van der Waals surface area contributed by atoms with Crippen molar-refractivity contribution in [3.8, 4) is 22.9 Å². The third-order valence-electron chi connectivity index (χ3n) is 5.84. The fourth-order valence-corrected chi connectivity index (χ4v) is 5.08. The molecule has 2 aromatic heterocycles. The molecule has 1 amide bonds. The summed E-state index contributed by atoms with van der Waals surface area (Å²) in [5, 5.41) is 10.5. The van der Waals surface area contributed by atoms with Crippen molar-refractivity contribution in [1.29, 1.82) is 0 Å². The normalized spacial score (nSPS) is 15.7. The van der Waals surface area contributed by atoms with Gasteiger partial charge in [-0.1, -0.05) is 24.6 Å². The molecular weight excluding hydrogens is 406 g/mol. The van der Waals surface area contributed by atoms with Crippen LogP contribution >= 0.6 is 11.3 Å². The van der Waals surface area contributed by atoms with Crippen LogP contribution in [0.3, 0.4) is 0 Å². The lowest BCUT2D eigenvalue weighted by Crippen LogP contribution is -2.39. The quantitative estimate of drug-likeness (QED) is 0.404. The number of aryl methyl sites for hydroxylation is 1. The molecule has 5 rings (SSSR count). The number of carbonyl (C=O) groups excluding carboxylic acids is 1. The highest BCUT2D eigenvalue weighted by Gasteiger charge is 2.30. The van der Waals surface area contributed by atoms with Crippen LogP contribution in [0.1, 0.15) is 45.7 Å². The van der Waals surface area contributed by atoms with Crippen LogP contribution in [0.25, 0.3) is 22.9 Å². The van der Waals surface area contributed by atoms with Crippen molar-refractivity contribution in [3.05, 3.63) is 81.5 Å². The number of aromatic nitrogens is 2. The Labute approximate surface area is 185 Å². The number of fused-ring (bicyclic) bond motifs is 1. The van der Waals surface area contributed by atoms with Gasteiger partial charge in [0, 0.05) is 28.1 Å². The second-order valence-corrected chi connectivity index (χ2v) is 8.83. The molecule has 31 heavy (non-hydrogen) atoms. The minimum atomic E-state index is 0.0705. The van der Waals surface area contributed by atoms with Gasteiger partial charge in [0.25, 0.3) is 5.91 Å². The minimum absolute atomic E-state index is 0.0705. The predicted molar refractivity (Wildman–Crippen MR) is 122 cm³/mol. The van der Waals surface area contributed by atoms with E-state index in [1.165, 1.54) is 16.0 Å². The van der Waals surface area contributed by atoms with E-state index in [4.69, 9.17) is 4.42 Å². The summed E-state index contributed by atoms with van der Waals surface area (Å²) in [5.41, 5.74) is 4.85. The summed E-state index contributed by atoms with van der Waals surface area (Å²) in [7, 11) is 0. The molecule has 6 heteroatoms. The van der Waals surface area contributed by atoms with Gasteiger partial charge in [0.2, 0.25) is 11.8 Å². The van der Waals surface area contributed by atoms with Gasteiger partial charge >= 0.3 is 0 Å². The Hall–Kier alpha value is -3.25. The van der Waals surface area contributed by atoms with E-state index >= 15 is 0 Å². The Bertz CT molecular complexity index is 1210. The van der Waals surface area contributed by atoms with Crippen molar-refractivity contribution in [2.24, 2.45) is 0 Å². The van der Waals surface area contributed by atoms with Crippen LogP contribution in [0.5, 0.6) is 0 Å². The summed E-state index contributed by atoms with van der Waals surface area (Å²) >= 11 is 1.79. The number of hydrogen-bond donors (Lipinski definition) is 0. The van der Waals surface area contributed by atoms with E-state index in [0.29, 0.717) is 17.3 Å². The molecule has 2 aromatic carbocycles. The summed E-state index contributed by atoms with van der Waals surface area (Å²) < 4.78 is 5.86. The second kappa shape index (κ2) is 8.12. The van der Waals surface area contributed by atoms with Gasteiger partial charge in [-0.3, -0.25) is 4.79 Å². The minimum Gasteiger partial charge on any atom is -0.416 e. The molecule has 0 fully saturated rings. The van der Waals surface area contributed by atoms with Gasteiger partial charge < -0.3 is 9.32 Å². The maximum atomic E-state index is 13.2. The van der Waals surface area contributed by atoms with Gasteiger partial charge in [-0.05, 0) is 73.2 Å². The van der Waals surface area contributed by atoms with Crippen LogP contribution < -0.4 is 0 Å². The topological polar surface area (TPSA) is 59.2 Å². The first kappa shape index (κ1) is 19.7. The molecule has 0 saturated heterocycles. The Morgan fingerprint density at radius 1 is 1.03 bits per heavy atom. The average molecular weight is 430 g/mol. The molecule has 156 valence electrons. The molecule has 1 unspecified atom stereocenters. The van der Waals surface area contributed by atoms with Gasteiger partial charge in [0.15, 0.2) is 0 Å². The maximum absolute atomic E-state index is 13.2. The van der Waals surface area contributed by atoms with Gasteiger partial charge in [0.05, 0.1) is 6.04 Å². The van der Waals surface area contributed by atoms with Crippen molar-refractivity contribution >= 4 is 17.2 Å².